The summed E-state index contributed by atoms with van der Waals surface area (Å²) in [7, 11) is 0. The highest BCUT2D eigenvalue weighted by atomic mass is 16.5. The number of anilines is 1. The predicted molar refractivity (Wildman–Crippen MR) is 124 cm³/mol. The maximum atomic E-state index is 12.2. The minimum absolute atomic E-state index is 0.0837. The average molecular weight is 458 g/mol. The van der Waals surface area contributed by atoms with Gasteiger partial charge in [0.1, 0.15) is 18.4 Å². The zero-order valence-electron chi connectivity index (χ0n) is 18.7. The van der Waals surface area contributed by atoms with Crippen LogP contribution in [-0.2, 0) is 32.1 Å². The van der Waals surface area contributed by atoms with Gasteiger partial charge in [-0.1, -0.05) is 36.4 Å². The summed E-state index contributed by atoms with van der Waals surface area (Å²) >= 11 is 0. The van der Waals surface area contributed by atoms with Crippen molar-refractivity contribution in [2.45, 2.75) is 45.3 Å². The molecule has 33 heavy (non-hydrogen) atoms. The van der Waals surface area contributed by atoms with Crippen LogP contribution >= 0.6 is 0 Å². The average Bonchev–Trinajstić information content (AvgIpc) is 2.80. The highest BCUT2D eigenvalue weighted by molar-refractivity contribution is 5.92. The Kier molecular flexibility index (Phi) is 10.7. The van der Waals surface area contributed by atoms with Gasteiger partial charge < -0.3 is 30.9 Å². The molecule has 2 aromatic rings. The van der Waals surface area contributed by atoms with Crippen LogP contribution < -0.4 is 16.4 Å². The number of nitrogens with two attached hydrogens (primary N) is 1. The van der Waals surface area contributed by atoms with Crippen LogP contribution in [0.15, 0.2) is 48.5 Å². The molecule has 0 aliphatic heterocycles. The van der Waals surface area contributed by atoms with Gasteiger partial charge in [0, 0.05) is 13.0 Å². The van der Waals surface area contributed by atoms with Crippen molar-refractivity contribution in [3.8, 4) is 5.75 Å². The fourth-order valence-electron chi connectivity index (χ4n) is 2.98. The summed E-state index contributed by atoms with van der Waals surface area (Å²) in [6.45, 7) is 2.52. The number of carbonyl (C=O) groups excluding carboxylic acids is 3. The third-order valence-electron chi connectivity index (χ3n) is 4.69. The van der Waals surface area contributed by atoms with Crippen molar-refractivity contribution < 1.29 is 29.0 Å². The molecular formula is C24H31N3O6. The largest absolute Gasteiger partial charge is 0.506 e. The Morgan fingerprint density at radius 3 is 2.52 bits per heavy atom. The number of esters is 1. The SMILES string of the molecule is CCOC(=O)[C@@H](N)Cc1ccc(O)c(NC(=O)CCCCNC(=O)OCc2ccccc2)c1. The van der Waals surface area contributed by atoms with Crippen molar-refractivity contribution >= 4 is 23.7 Å². The van der Waals surface area contributed by atoms with E-state index < -0.39 is 18.1 Å². The number of phenols is 1. The van der Waals surface area contributed by atoms with Crippen LogP contribution in [0.4, 0.5) is 10.5 Å². The van der Waals surface area contributed by atoms with Crippen molar-refractivity contribution in [2.75, 3.05) is 18.5 Å². The summed E-state index contributed by atoms with van der Waals surface area (Å²) in [5.41, 5.74) is 7.66. The molecule has 0 radical (unpaired) electrons. The van der Waals surface area contributed by atoms with Crippen LogP contribution in [-0.4, -0.2) is 42.3 Å². The first-order chi connectivity index (χ1) is 15.9. The van der Waals surface area contributed by atoms with Gasteiger partial charge in [-0.2, -0.15) is 0 Å². The number of ether oxygens (including phenoxy) is 2. The van der Waals surface area contributed by atoms with Gasteiger partial charge in [0.25, 0.3) is 0 Å². The molecular weight excluding hydrogens is 426 g/mol. The summed E-state index contributed by atoms with van der Waals surface area (Å²) in [4.78, 5) is 35.6. The summed E-state index contributed by atoms with van der Waals surface area (Å²) in [6.07, 6.45) is 1.06. The number of phenolic OH excluding ortho intramolecular Hbond substituents is 1. The molecule has 1 atom stereocenters. The van der Waals surface area contributed by atoms with Gasteiger partial charge in [-0.15, -0.1) is 0 Å². The standard InChI is InChI=1S/C24H31N3O6/c1-2-32-23(30)19(25)14-18-11-12-21(28)20(15-18)27-22(29)10-6-7-13-26-24(31)33-16-17-8-4-3-5-9-17/h3-5,8-9,11-12,15,19,28H,2,6-7,10,13-14,16,25H2,1H3,(H,26,31)(H,27,29)/t19-/m0/s1. The number of benzene rings is 2. The van der Waals surface area contributed by atoms with Crippen LogP contribution in [0.5, 0.6) is 5.75 Å². The second kappa shape index (κ2) is 13.7. The molecule has 0 heterocycles. The van der Waals surface area contributed by atoms with E-state index in [0.717, 1.165) is 5.56 Å². The van der Waals surface area contributed by atoms with Gasteiger partial charge >= 0.3 is 12.1 Å². The van der Waals surface area contributed by atoms with Gasteiger partial charge in [0.2, 0.25) is 5.91 Å². The van der Waals surface area contributed by atoms with Crippen molar-refractivity contribution in [1.82, 2.24) is 5.32 Å². The first-order valence-corrected chi connectivity index (χ1v) is 10.9. The van der Waals surface area contributed by atoms with Gasteiger partial charge in [-0.3, -0.25) is 9.59 Å². The Balaban J connectivity index is 1.68. The molecule has 0 fully saturated rings. The van der Waals surface area contributed by atoms with Crippen molar-refractivity contribution in [3.63, 3.8) is 0 Å². The number of amides is 2. The van der Waals surface area contributed by atoms with E-state index in [1.165, 1.54) is 6.07 Å². The molecule has 0 bridgehead atoms. The highest BCUT2D eigenvalue weighted by Crippen LogP contribution is 2.25. The van der Waals surface area contributed by atoms with E-state index in [1.807, 2.05) is 30.3 Å². The quantitative estimate of drug-likeness (QED) is 0.218. The van der Waals surface area contributed by atoms with Crippen LogP contribution in [0.25, 0.3) is 0 Å². The van der Waals surface area contributed by atoms with Gasteiger partial charge in [-0.05, 0) is 49.4 Å². The zero-order valence-corrected chi connectivity index (χ0v) is 18.7. The van der Waals surface area contributed by atoms with Crippen LogP contribution in [0, 0.1) is 0 Å². The molecule has 0 spiro atoms. The lowest BCUT2D eigenvalue weighted by molar-refractivity contribution is -0.144. The third-order valence-corrected chi connectivity index (χ3v) is 4.69. The van der Waals surface area contributed by atoms with Gasteiger partial charge in [-0.25, -0.2) is 4.79 Å². The summed E-state index contributed by atoms with van der Waals surface area (Å²) in [5.74, 6) is -0.864. The topological polar surface area (TPSA) is 140 Å². The van der Waals surface area contributed by atoms with E-state index >= 15 is 0 Å². The lowest BCUT2D eigenvalue weighted by Crippen LogP contribution is -2.34. The summed E-state index contributed by atoms with van der Waals surface area (Å²) < 4.78 is 10.0. The Morgan fingerprint density at radius 2 is 1.79 bits per heavy atom. The number of rotatable bonds is 12. The zero-order chi connectivity index (χ0) is 24.1. The molecule has 2 rings (SSSR count). The molecule has 178 valence electrons. The predicted octanol–water partition coefficient (Wildman–Crippen LogP) is 2.86. The Labute approximate surface area is 193 Å². The fourth-order valence-corrected chi connectivity index (χ4v) is 2.98. The van der Waals surface area contributed by atoms with Crippen molar-refractivity contribution in [2.24, 2.45) is 5.73 Å². The lowest BCUT2D eigenvalue weighted by atomic mass is 10.1. The van der Waals surface area contributed by atoms with E-state index in [4.69, 9.17) is 15.2 Å². The summed E-state index contributed by atoms with van der Waals surface area (Å²) in [5, 5.41) is 15.3. The second-order valence-corrected chi connectivity index (χ2v) is 7.41. The van der Waals surface area contributed by atoms with Gasteiger partial charge in [0.05, 0.1) is 12.3 Å². The normalized spacial score (nSPS) is 11.3. The maximum absolute atomic E-state index is 12.2. The molecule has 2 aromatic carbocycles. The lowest BCUT2D eigenvalue weighted by Gasteiger charge is -2.13. The monoisotopic (exact) mass is 457 g/mol. The van der Waals surface area contributed by atoms with Crippen LogP contribution in [0.1, 0.15) is 37.3 Å². The van der Waals surface area contributed by atoms with E-state index in [9.17, 15) is 19.5 Å². The third kappa shape index (κ3) is 9.61. The molecule has 0 unspecified atom stereocenters. The number of alkyl carbamates (subject to hydrolysis) is 1. The minimum Gasteiger partial charge on any atom is -0.506 e. The Bertz CT molecular complexity index is 920. The number of nitrogens with one attached hydrogen (secondary N) is 2. The molecule has 5 N–H and O–H groups in total. The first-order valence-electron chi connectivity index (χ1n) is 10.9. The van der Waals surface area contributed by atoms with Crippen molar-refractivity contribution in [1.29, 1.82) is 0 Å². The molecule has 2 amide bonds. The number of hydrogen-bond acceptors (Lipinski definition) is 7. The maximum Gasteiger partial charge on any atom is 0.407 e. The molecule has 0 saturated heterocycles. The number of carbonyl (C=O) groups is 3. The van der Waals surface area contributed by atoms with E-state index in [0.29, 0.717) is 24.9 Å². The Hall–Kier alpha value is -3.59. The smallest absolute Gasteiger partial charge is 0.407 e. The molecule has 9 heteroatoms. The molecule has 0 saturated carbocycles. The minimum atomic E-state index is -0.829. The molecule has 9 nitrogen and oxygen atoms in total. The molecule has 0 aliphatic carbocycles. The van der Waals surface area contributed by atoms with Crippen LogP contribution in [0.3, 0.4) is 0 Å². The highest BCUT2D eigenvalue weighted by Gasteiger charge is 2.16. The van der Waals surface area contributed by atoms with E-state index in [-0.39, 0.29) is 43.4 Å². The Morgan fingerprint density at radius 1 is 1.03 bits per heavy atom. The van der Waals surface area contributed by atoms with Gasteiger partial charge in [0.15, 0.2) is 0 Å². The first kappa shape index (κ1) is 25.7. The summed E-state index contributed by atoms with van der Waals surface area (Å²) in [6, 6.07) is 13.2. The number of unbranched alkanes of at least 4 members (excludes halogenated alkanes) is 1. The van der Waals surface area contributed by atoms with Crippen molar-refractivity contribution in [3.05, 3.63) is 59.7 Å². The van der Waals surface area contributed by atoms with Crippen LogP contribution in [0.2, 0.25) is 0 Å². The fraction of sp³-hybridized carbons (Fsp3) is 0.375. The second-order valence-electron chi connectivity index (χ2n) is 7.41. The number of hydrogen-bond donors (Lipinski definition) is 4. The van der Waals surface area contributed by atoms with E-state index in [1.54, 1.807) is 19.1 Å². The molecule has 0 aliphatic rings. The van der Waals surface area contributed by atoms with E-state index in [2.05, 4.69) is 10.6 Å². The molecule has 0 aromatic heterocycles. The number of aromatic hydroxyl groups is 1.